The molecule has 0 saturated carbocycles. The highest BCUT2D eigenvalue weighted by Gasteiger charge is 2.33. The van der Waals surface area contributed by atoms with Crippen LogP contribution in [0.2, 0.25) is 10.0 Å². The van der Waals surface area contributed by atoms with Crippen LogP contribution in [0.25, 0.3) is 0 Å². The quantitative estimate of drug-likeness (QED) is 0.243. The van der Waals surface area contributed by atoms with Crippen LogP contribution in [0.3, 0.4) is 0 Å². The molecule has 1 unspecified atom stereocenters. The van der Waals surface area contributed by atoms with Gasteiger partial charge in [0.15, 0.2) is 5.82 Å². The van der Waals surface area contributed by atoms with Gasteiger partial charge < -0.3 is 25.2 Å². The Morgan fingerprint density at radius 1 is 1.09 bits per heavy atom. The van der Waals surface area contributed by atoms with Gasteiger partial charge in [-0.1, -0.05) is 41.9 Å². The molecule has 1 amide bonds. The van der Waals surface area contributed by atoms with Crippen molar-refractivity contribution in [3.8, 4) is 5.75 Å². The molecule has 6 rings (SSSR count). The van der Waals surface area contributed by atoms with Crippen molar-refractivity contribution in [1.29, 1.82) is 0 Å². The molecule has 250 valence electrons. The van der Waals surface area contributed by atoms with E-state index in [9.17, 15) is 4.79 Å². The van der Waals surface area contributed by atoms with Crippen LogP contribution in [0.15, 0.2) is 55.4 Å². The zero-order valence-electron chi connectivity index (χ0n) is 27.1. The fraction of sp³-hybridized carbons (Fsp3) is 0.441. The van der Waals surface area contributed by atoms with Gasteiger partial charge in [0.1, 0.15) is 17.9 Å². The number of amides is 1. The number of hydrogen-bond donors (Lipinski definition) is 2. The Kier molecular flexibility index (Phi) is 10.4. The van der Waals surface area contributed by atoms with E-state index in [4.69, 9.17) is 32.8 Å². The molecule has 0 bridgehead atoms. The summed E-state index contributed by atoms with van der Waals surface area (Å²) in [5.41, 5.74) is 3.08. The second kappa shape index (κ2) is 14.7. The average molecular weight is 682 g/mol. The summed E-state index contributed by atoms with van der Waals surface area (Å²) >= 11 is 12.9. The molecule has 2 aromatic carbocycles. The molecule has 11 nitrogen and oxygen atoms in total. The smallest absolute Gasteiger partial charge is 0.247 e. The fourth-order valence-electron chi connectivity index (χ4n) is 6.80. The number of carbonyl (C=O) groups is 1. The van der Waals surface area contributed by atoms with Gasteiger partial charge in [-0.15, -0.1) is 0 Å². The van der Waals surface area contributed by atoms with Crippen LogP contribution in [0.4, 0.5) is 28.7 Å². The predicted molar refractivity (Wildman–Crippen MR) is 188 cm³/mol. The first kappa shape index (κ1) is 33.3. The molecule has 3 aliphatic rings. The summed E-state index contributed by atoms with van der Waals surface area (Å²) in [4.78, 5) is 34.8. The van der Waals surface area contributed by atoms with E-state index in [1.54, 1.807) is 24.3 Å². The Bertz CT molecular complexity index is 1600. The van der Waals surface area contributed by atoms with Crippen LogP contribution in [0, 0.1) is 0 Å². The number of rotatable bonds is 10. The van der Waals surface area contributed by atoms with Crippen molar-refractivity contribution in [2.75, 3.05) is 74.6 Å². The molecule has 3 aromatic rings. The summed E-state index contributed by atoms with van der Waals surface area (Å²) in [5.74, 6) is 1.42. The van der Waals surface area contributed by atoms with Gasteiger partial charge in [-0.2, -0.15) is 0 Å². The molecule has 0 spiro atoms. The minimum absolute atomic E-state index is 0.164. The number of hydroxylamine groups is 1. The number of methoxy groups -OCH3 is 1. The van der Waals surface area contributed by atoms with Crippen molar-refractivity contribution in [3.05, 3.63) is 71.0 Å². The molecule has 47 heavy (non-hydrogen) atoms. The SMILES string of the molecule is C=CC(=O)Nc1cc(Nc2cc(N3OCC[C@@H]3c3cccc(Cl)c3Cl)ncn2)c(OC)cc1N1CCC(N2CCC(N(C)C)C2)CC1. The molecular formula is C34H42Cl2N8O3. The Morgan fingerprint density at radius 2 is 1.89 bits per heavy atom. The van der Waals surface area contributed by atoms with E-state index in [0.717, 1.165) is 56.7 Å². The second-order valence-electron chi connectivity index (χ2n) is 12.4. The number of aromatic nitrogens is 2. The first-order valence-electron chi connectivity index (χ1n) is 16.0. The number of nitrogens with one attached hydrogen (secondary N) is 2. The summed E-state index contributed by atoms with van der Waals surface area (Å²) in [6, 6.07) is 12.3. The van der Waals surface area contributed by atoms with Crippen LogP contribution < -0.4 is 25.3 Å². The minimum atomic E-state index is -0.287. The number of carbonyl (C=O) groups excluding carboxylic acids is 1. The van der Waals surface area contributed by atoms with E-state index in [2.05, 4.69) is 56.0 Å². The zero-order chi connectivity index (χ0) is 33.1. The van der Waals surface area contributed by atoms with E-state index in [0.29, 0.717) is 57.5 Å². The van der Waals surface area contributed by atoms with E-state index >= 15 is 0 Å². The predicted octanol–water partition coefficient (Wildman–Crippen LogP) is 6.15. The van der Waals surface area contributed by atoms with Crippen molar-refractivity contribution >= 4 is 57.8 Å². The average Bonchev–Trinajstić information content (AvgIpc) is 3.78. The van der Waals surface area contributed by atoms with E-state index in [-0.39, 0.29) is 11.9 Å². The number of anilines is 5. The molecule has 3 fully saturated rings. The van der Waals surface area contributed by atoms with E-state index in [1.807, 2.05) is 24.3 Å². The summed E-state index contributed by atoms with van der Waals surface area (Å²) in [5, 5.41) is 9.12. The Labute approximate surface area is 286 Å². The van der Waals surface area contributed by atoms with Crippen LogP contribution in [0.1, 0.15) is 37.3 Å². The van der Waals surface area contributed by atoms with Crippen molar-refractivity contribution < 1.29 is 14.4 Å². The summed E-state index contributed by atoms with van der Waals surface area (Å²) in [7, 11) is 5.97. The summed E-state index contributed by atoms with van der Waals surface area (Å²) in [6.07, 6.45) is 6.80. The van der Waals surface area contributed by atoms with Crippen LogP contribution in [-0.2, 0) is 9.63 Å². The highest BCUT2D eigenvalue weighted by molar-refractivity contribution is 6.42. The van der Waals surface area contributed by atoms with Crippen molar-refractivity contribution in [1.82, 2.24) is 19.8 Å². The zero-order valence-corrected chi connectivity index (χ0v) is 28.6. The third-order valence-corrected chi connectivity index (χ3v) is 10.2. The standard InChI is InChI=1S/C34H42Cl2N8O3/c1-5-33(45)40-26-17-27(30(46-4)18-29(26)42-13-9-22(10-14-42)43-15-11-23(20-43)41(2)3)39-31-19-32(38-21-37-31)44-28(12-16-47-44)24-7-6-8-25(35)34(24)36/h5-8,17-19,21-23,28H,1,9-16,20H2,2-4H3,(H,40,45)(H,37,38,39)/t23?,28-/m1/s1. The van der Waals surface area contributed by atoms with Gasteiger partial charge in [0.25, 0.3) is 0 Å². The lowest BCUT2D eigenvalue weighted by Crippen LogP contribution is -2.45. The fourth-order valence-corrected chi connectivity index (χ4v) is 7.24. The van der Waals surface area contributed by atoms with Gasteiger partial charge in [0.2, 0.25) is 5.91 Å². The van der Waals surface area contributed by atoms with E-state index in [1.165, 1.54) is 18.8 Å². The molecule has 13 heteroatoms. The van der Waals surface area contributed by atoms with Crippen molar-refractivity contribution in [2.45, 2.75) is 43.8 Å². The van der Waals surface area contributed by atoms with Crippen molar-refractivity contribution in [3.63, 3.8) is 0 Å². The molecule has 0 aliphatic carbocycles. The molecule has 2 atom stereocenters. The van der Waals surface area contributed by atoms with Gasteiger partial charge in [0, 0.05) is 56.8 Å². The van der Waals surface area contributed by atoms with Gasteiger partial charge in [-0.05, 0) is 57.1 Å². The highest BCUT2D eigenvalue weighted by atomic mass is 35.5. The first-order chi connectivity index (χ1) is 22.7. The number of likely N-dealkylation sites (N-methyl/N-ethyl adjacent to an activating group) is 1. The number of benzene rings is 2. The molecule has 4 heterocycles. The van der Waals surface area contributed by atoms with Gasteiger partial charge >= 0.3 is 0 Å². The first-order valence-corrected chi connectivity index (χ1v) is 16.8. The lowest BCUT2D eigenvalue weighted by Gasteiger charge is -2.39. The maximum absolute atomic E-state index is 12.6. The number of likely N-dealkylation sites (tertiary alicyclic amines) is 1. The minimum Gasteiger partial charge on any atom is -0.494 e. The molecule has 2 N–H and O–H groups in total. The monoisotopic (exact) mass is 680 g/mol. The summed E-state index contributed by atoms with van der Waals surface area (Å²) in [6.45, 7) is 8.19. The Balaban J connectivity index is 1.22. The maximum atomic E-state index is 12.6. The summed E-state index contributed by atoms with van der Waals surface area (Å²) < 4.78 is 5.86. The second-order valence-corrected chi connectivity index (χ2v) is 13.2. The lowest BCUT2D eigenvalue weighted by atomic mass is 10.0. The largest absolute Gasteiger partial charge is 0.494 e. The van der Waals surface area contributed by atoms with Gasteiger partial charge in [0.05, 0.1) is 46.9 Å². The van der Waals surface area contributed by atoms with Gasteiger partial charge in [-0.25, -0.2) is 15.0 Å². The van der Waals surface area contributed by atoms with Crippen molar-refractivity contribution in [2.24, 2.45) is 0 Å². The number of halogens is 2. The third-order valence-electron chi connectivity index (χ3n) is 9.39. The molecule has 3 saturated heterocycles. The number of nitrogens with zero attached hydrogens (tertiary/aromatic N) is 6. The maximum Gasteiger partial charge on any atom is 0.247 e. The normalized spacial score (nSPS) is 20.6. The number of piperidine rings is 1. The molecule has 0 radical (unpaired) electrons. The molecule has 1 aromatic heterocycles. The van der Waals surface area contributed by atoms with Crippen LogP contribution in [-0.4, -0.2) is 91.7 Å². The lowest BCUT2D eigenvalue weighted by molar-refractivity contribution is -0.111. The van der Waals surface area contributed by atoms with Crippen LogP contribution >= 0.6 is 23.2 Å². The molecular weight excluding hydrogens is 639 g/mol. The third kappa shape index (κ3) is 7.29. The number of ether oxygens (including phenoxy) is 1. The van der Waals surface area contributed by atoms with E-state index < -0.39 is 0 Å². The molecule has 3 aliphatic heterocycles. The Hall–Kier alpha value is -3.61. The topological polar surface area (TPSA) is 98.3 Å². The highest BCUT2D eigenvalue weighted by Crippen LogP contribution is 2.42. The van der Waals surface area contributed by atoms with Crippen LogP contribution in [0.5, 0.6) is 5.75 Å². The Morgan fingerprint density at radius 3 is 2.62 bits per heavy atom. The number of hydrogen-bond acceptors (Lipinski definition) is 10. The van der Waals surface area contributed by atoms with Gasteiger partial charge in [-0.3, -0.25) is 14.5 Å².